The van der Waals surface area contributed by atoms with E-state index in [9.17, 15) is 4.79 Å². The number of hydrogen-bond acceptors (Lipinski definition) is 3. The van der Waals surface area contributed by atoms with Crippen molar-refractivity contribution in [2.75, 3.05) is 0 Å². The fraction of sp³-hybridized carbons (Fsp3) is 0. The second kappa shape index (κ2) is 4.37. The first-order chi connectivity index (χ1) is 8.88. The average Bonchev–Trinajstić information content (AvgIpc) is 2.46. The van der Waals surface area contributed by atoms with Crippen molar-refractivity contribution in [2.45, 2.75) is 0 Å². The summed E-state index contributed by atoms with van der Waals surface area (Å²) in [6.45, 7) is 0. The van der Waals surface area contributed by atoms with Crippen LogP contribution in [0.2, 0.25) is 0 Å². The van der Waals surface area contributed by atoms with E-state index in [1.165, 1.54) is 0 Å². The Kier molecular flexibility index (Phi) is 2.57. The number of aldehydes is 1. The van der Waals surface area contributed by atoms with Crippen molar-refractivity contribution in [2.24, 2.45) is 0 Å². The zero-order valence-electron chi connectivity index (χ0n) is 9.58. The Morgan fingerprint density at radius 2 is 1.61 bits per heavy atom. The quantitative estimate of drug-likeness (QED) is 0.640. The van der Waals surface area contributed by atoms with Gasteiger partial charge in [0.2, 0.25) is 0 Å². The van der Waals surface area contributed by atoms with E-state index in [1.807, 2.05) is 42.5 Å². The standard InChI is InChI=1S/C15H10N2O/c18-10-11-5-1-2-6-12(11)15-9-16-13-7-3-4-8-14(13)17-15/h1-10H. The van der Waals surface area contributed by atoms with Crippen LogP contribution in [0, 0.1) is 0 Å². The van der Waals surface area contributed by atoms with E-state index in [1.54, 1.807) is 12.3 Å². The second-order valence-corrected chi connectivity index (χ2v) is 3.95. The minimum absolute atomic E-state index is 0.627. The summed E-state index contributed by atoms with van der Waals surface area (Å²) in [6.07, 6.45) is 2.54. The molecule has 18 heavy (non-hydrogen) atoms. The van der Waals surface area contributed by atoms with Gasteiger partial charge in [0.05, 0.1) is 22.9 Å². The van der Waals surface area contributed by atoms with Gasteiger partial charge in [-0.25, -0.2) is 4.98 Å². The molecule has 2 aromatic carbocycles. The fourth-order valence-corrected chi connectivity index (χ4v) is 1.92. The van der Waals surface area contributed by atoms with Crippen LogP contribution in [0.1, 0.15) is 10.4 Å². The highest BCUT2D eigenvalue weighted by Gasteiger charge is 2.06. The first kappa shape index (κ1) is 10.6. The van der Waals surface area contributed by atoms with Gasteiger partial charge < -0.3 is 0 Å². The molecule has 0 saturated heterocycles. The molecule has 0 fully saturated rings. The summed E-state index contributed by atoms with van der Waals surface area (Å²) in [5.41, 5.74) is 3.84. The summed E-state index contributed by atoms with van der Waals surface area (Å²) < 4.78 is 0. The van der Waals surface area contributed by atoms with Crippen LogP contribution in [0.15, 0.2) is 54.7 Å². The molecule has 0 aliphatic carbocycles. The Bertz CT molecular complexity index is 722. The second-order valence-electron chi connectivity index (χ2n) is 3.95. The molecule has 3 rings (SSSR count). The predicted molar refractivity (Wildman–Crippen MR) is 70.4 cm³/mol. The van der Waals surface area contributed by atoms with Crippen LogP contribution in [0.5, 0.6) is 0 Å². The summed E-state index contributed by atoms with van der Waals surface area (Å²) in [6, 6.07) is 15.1. The van der Waals surface area contributed by atoms with Crippen LogP contribution < -0.4 is 0 Å². The van der Waals surface area contributed by atoms with Crippen LogP contribution in [0.25, 0.3) is 22.3 Å². The van der Waals surface area contributed by atoms with E-state index in [-0.39, 0.29) is 0 Å². The first-order valence-electron chi connectivity index (χ1n) is 5.65. The zero-order valence-corrected chi connectivity index (χ0v) is 9.58. The van der Waals surface area contributed by atoms with Gasteiger partial charge in [0.25, 0.3) is 0 Å². The monoisotopic (exact) mass is 234 g/mol. The number of benzene rings is 2. The van der Waals surface area contributed by atoms with E-state index in [0.717, 1.165) is 28.6 Å². The maximum absolute atomic E-state index is 11.0. The number of para-hydroxylation sites is 2. The van der Waals surface area contributed by atoms with E-state index < -0.39 is 0 Å². The molecule has 0 aliphatic heterocycles. The Hall–Kier alpha value is -2.55. The van der Waals surface area contributed by atoms with Crippen molar-refractivity contribution in [1.82, 2.24) is 9.97 Å². The summed E-state index contributed by atoms with van der Waals surface area (Å²) in [4.78, 5) is 19.9. The van der Waals surface area contributed by atoms with Gasteiger partial charge in [-0.15, -0.1) is 0 Å². The molecule has 0 radical (unpaired) electrons. The maximum atomic E-state index is 11.0. The topological polar surface area (TPSA) is 42.9 Å². The molecule has 0 unspecified atom stereocenters. The number of rotatable bonds is 2. The minimum atomic E-state index is 0.627. The molecule has 1 heterocycles. The van der Waals surface area contributed by atoms with Crippen molar-refractivity contribution in [1.29, 1.82) is 0 Å². The summed E-state index contributed by atoms with van der Waals surface area (Å²) in [5.74, 6) is 0. The highest BCUT2D eigenvalue weighted by Crippen LogP contribution is 2.21. The van der Waals surface area contributed by atoms with Crippen molar-refractivity contribution >= 4 is 17.3 Å². The molecule has 1 aromatic heterocycles. The molecule has 3 nitrogen and oxygen atoms in total. The normalized spacial score (nSPS) is 10.4. The minimum Gasteiger partial charge on any atom is -0.298 e. The van der Waals surface area contributed by atoms with Gasteiger partial charge in [-0.1, -0.05) is 36.4 Å². The van der Waals surface area contributed by atoms with Gasteiger partial charge >= 0.3 is 0 Å². The Morgan fingerprint density at radius 3 is 2.44 bits per heavy atom. The maximum Gasteiger partial charge on any atom is 0.150 e. The van der Waals surface area contributed by atoms with Gasteiger partial charge in [-0.3, -0.25) is 9.78 Å². The van der Waals surface area contributed by atoms with Crippen LogP contribution in [-0.2, 0) is 0 Å². The third-order valence-electron chi connectivity index (χ3n) is 2.81. The highest BCUT2D eigenvalue weighted by atomic mass is 16.1. The molecule has 0 N–H and O–H groups in total. The fourth-order valence-electron chi connectivity index (χ4n) is 1.92. The molecule has 0 aliphatic rings. The molecule has 3 heteroatoms. The SMILES string of the molecule is O=Cc1ccccc1-c1cnc2ccccc2n1. The molecule has 86 valence electrons. The lowest BCUT2D eigenvalue weighted by Gasteiger charge is -2.04. The van der Waals surface area contributed by atoms with Crippen LogP contribution in [0.3, 0.4) is 0 Å². The number of hydrogen-bond donors (Lipinski definition) is 0. The lowest BCUT2D eigenvalue weighted by atomic mass is 10.1. The van der Waals surface area contributed by atoms with Crippen LogP contribution in [-0.4, -0.2) is 16.3 Å². The predicted octanol–water partition coefficient (Wildman–Crippen LogP) is 3.11. The van der Waals surface area contributed by atoms with Gasteiger partial charge in [0, 0.05) is 11.1 Å². The average molecular weight is 234 g/mol. The number of carbonyl (C=O) groups excluding carboxylic acids is 1. The van der Waals surface area contributed by atoms with E-state index in [2.05, 4.69) is 9.97 Å². The zero-order chi connectivity index (χ0) is 12.4. The molecule has 3 aromatic rings. The Morgan fingerprint density at radius 1 is 0.889 bits per heavy atom. The van der Waals surface area contributed by atoms with E-state index in [0.29, 0.717) is 5.56 Å². The lowest BCUT2D eigenvalue weighted by Crippen LogP contribution is -1.92. The van der Waals surface area contributed by atoms with Crippen molar-refractivity contribution in [3.8, 4) is 11.3 Å². The van der Waals surface area contributed by atoms with Crippen molar-refractivity contribution in [3.63, 3.8) is 0 Å². The van der Waals surface area contributed by atoms with Crippen LogP contribution >= 0.6 is 0 Å². The number of fused-ring (bicyclic) bond motifs is 1. The summed E-state index contributed by atoms with van der Waals surface area (Å²) in [7, 11) is 0. The first-order valence-corrected chi connectivity index (χ1v) is 5.65. The molecule has 0 bridgehead atoms. The van der Waals surface area contributed by atoms with E-state index >= 15 is 0 Å². The number of aromatic nitrogens is 2. The number of nitrogens with zero attached hydrogens (tertiary/aromatic N) is 2. The molecule has 0 atom stereocenters. The molecule has 0 amide bonds. The summed E-state index contributed by atoms with van der Waals surface area (Å²) >= 11 is 0. The third-order valence-corrected chi connectivity index (χ3v) is 2.81. The third kappa shape index (κ3) is 1.76. The number of carbonyl (C=O) groups is 1. The highest BCUT2D eigenvalue weighted by molar-refractivity contribution is 5.87. The summed E-state index contributed by atoms with van der Waals surface area (Å²) in [5, 5.41) is 0. The molecular formula is C15H10N2O. The van der Waals surface area contributed by atoms with Crippen molar-refractivity contribution < 1.29 is 4.79 Å². The van der Waals surface area contributed by atoms with Gasteiger partial charge in [-0.2, -0.15) is 0 Å². The van der Waals surface area contributed by atoms with Gasteiger partial charge in [0.15, 0.2) is 6.29 Å². The lowest BCUT2D eigenvalue weighted by molar-refractivity contribution is 0.112. The van der Waals surface area contributed by atoms with Crippen LogP contribution in [0.4, 0.5) is 0 Å². The molecular weight excluding hydrogens is 224 g/mol. The van der Waals surface area contributed by atoms with E-state index in [4.69, 9.17) is 0 Å². The smallest absolute Gasteiger partial charge is 0.150 e. The van der Waals surface area contributed by atoms with Crippen molar-refractivity contribution in [3.05, 3.63) is 60.3 Å². The van der Waals surface area contributed by atoms with Gasteiger partial charge in [-0.05, 0) is 12.1 Å². The molecule has 0 spiro atoms. The molecule has 0 saturated carbocycles. The Balaban J connectivity index is 2.22. The Labute approximate surface area is 104 Å². The largest absolute Gasteiger partial charge is 0.298 e. The van der Waals surface area contributed by atoms with Gasteiger partial charge in [0.1, 0.15) is 0 Å².